The Bertz CT molecular complexity index is 1590. The molecule has 14 nitrogen and oxygen atoms in total. The van der Waals surface area contributed by atoms with Crippen LogP contribution in [0.2, 0.25) is 0 Å². The van der Waals surface area contributed by atoms with Gasteiger partial charge in [0.2, 0.25) is 0 Å². The largest absolute Gasteiger partial charge is 0.472 e. The van der Waals surface area contributed by atoms with E-state index in [4.69, 9.17) is 23.3 Å². The molecule has 0 radical (unpaired) electrons. The van der Waals surface area contributed by atoms with Crippen LogP contribution in [0, 0.1) is 0 Å². The van der Waals surface area contributed by atoms with Crippen molar-refractivity contribution in [3.05, 3.63) is 97.2 Å². The number of hydrogen-bond donors (Lipinski definition) is 6. The third-order valence-corrected chi connectivity index (χ3v) is 11.8. The number of aliphatic hydroxyl groups excluding tert-OH is 5. The number of ether oxygens (including phenoxy) is 3. The van der Waals surface area contributed by atoms with Gasteiger partial charge in [-0.25, -0.2) is 4.57 Å². The normalized spacial score (nSPS) is 25.2. The van der Waals surface area contributed by atoms with E-state index in [1.807, 2.05) is 18.2 Å². The maximum Gasteiger partial charge on any atom is 0.472 e. The molecule has 1 aliphatic heterocycles. The lowest BCUT2D eigenvalue weighted by atomic mass is 9.85. The highest BCUT2D eigenvalue weighted by Crippen LogP contribution is 2.47. The number of phosphoric acid groups is 1. The van der Waals surface area contributed by atoms with Crippen molar-refractivity contribution in [2.24, 2.45) is 0 Å². The van der Waals surface area contributed by atoms with Crippen LogP contribution in [0.25, 0.3) is 0 Å². The Balaban J connectivity index is 1.74. The van der Waals surface area contributed by atoms with E-state index >= 15 is 0 Å². The number of hydrogen-bond acceptors (Lipinski definition) is 13. The Kier molecular flexibility index (Phi) is 32.8. The molecule has 5 unspecified atom stereocenters. The van der Waals surface area contributed by atoms with E-state index in [9.17, 15) is 44.6 Å². The van der Waals surface area contributed by atoms with Crippen LogP contribution in [-0.4, -0.2) is 111 Å². The SMILES string of the molecule is CC/C=C\CC1OC1C/C=C\C/C=C\C/C=C\C/C=C\CCC(=O)O[C@H](COC(=O)CCCCCC/C=C\C/C=C\C/C=C\CCCCC)COP(=O)(O)OC1[C@H](O)[C@H](O)C(O)[C@H](O)[C@H]1O. The van der Waals surface area contributed by atoms with E-state index in [-0.39, 0.29) is 12.8 Å². The van der Waals surface area contributed by atoms with Crippen molar-refractivity contribution < 1.29 is 67.8 Å². The number of phosphoric ester groups is 1. The number of epoxide rings is 1. The number of allylic oxidation sites excluding steroid dienone is 14. The second kappa shape index (κ2) is 36.7. The first-order valence-corrected chi connectivity index (χ1v) is 25.7. The lowest BCUT2D eigenvalue weighted by Gasteiger charge is -2.41. The van der Waals surface area contributed by atoms with Crippen molar-refractivity contribution in [2.45, 2.75) is 197 Å². The lowest BCUT2D eigenvalue weighted by Crippen LogP contribution is -2.64. The number of unbranched alkanes of at least 4 members (excludes halogenated alkanes) is 7. The van der Waals surface area contributed by atoms with Gasteiger partial charge < -0.3 is 44.6 Å². The van der Waals surface area contributed by atoms with Gasteiger partial charge in [-0.15, -0.1) is 0 Å². The minimum Gasteiger partial charge on any atom is -0.462 e. The molecule has 1 saturated carbocycles. The van der Waals surface area contributed by atoms with E-state index in [1.165, 1.54) is 19.3 Å². The first kappa shape index (κ1) is 58.9. The fourth-order valence-corrected chi connectivity index (χ4v) is 7.80. The van der Waals surface area contributed by atoms with Crippen molar-refractivity contribution in [1.82, 2.24) is 0 Å². The predicted octanol–water partition coefficient (Wildman–Crippen LogP) is 8.82. The van der Waals surface area contributed by atoms with E-state index in [2.05, 4.69) is 92.8 Å². The standard InChI is InChI=1S/C51H81O14P/c1-3-5-7-8-9-10-11-12-13-14-15-16-20-23-26-29-33-37-44(52)61-39-41(40-62-66(59,60)65-51-49(57)47(55)46(54)48(56)50(51)58)63-45(53)38-34-30-27-24-21-18-17-19-22-25-28-32-36-43-42(64-43)35-31-6-4-2/h6,9-10,12-13,15-16,18-19,21-22,27-28,30-32,41-43,46-51,54-58H,3-5,7-8,11,14,17,20,23-26,29,33-40H2,1-2H3,(H,59,60)/b10-9-,13-12-,16-15-,21-18-,22-19-,30-27-,31-6-,32-28-/t41-,42?,43?,46?,47-,48+,49-,50-,51?/m1/s1. The Morgan fingerprint density at radius 1 is 0.545 bits per heavy atom. The molecule has 6 N–H and O–H groups in total. The number of rotatable bonds is 37. The average molecular weight is 949 g/mol. The molecule has 0 aromatic carbocycles. The van der Waals surface area contributed by atoms with Crippen molar-refractivity contribution in [3.63, 3.8) is 0 Å². The molecule has 0 aromatic heterocycles. The molecule has 0 bridgehead atoms. The highest BCUT2D eigenvalue weighted by molar-refractivity contribution is 7.47. The molecule has 66 heavy (non-hydrogen) atoms. The number of aliphatic hydroxyl groups is 5. The predicted molar refractivity (Wildman–Crippen MR) is 257 cm³/mol. The molecule has 1 saturated heterocycles. The van der Waals surface area contributed by atoms with Crippen LogP contribution in [0.3, 0.4) is 0 Å². The van der Waals surface area contributed by atoms with Crippen LogP contribution in [0.15, 0.2) is 97.2 Å². The van der Waals surface area contributed by atoms with Crippen molar-refractivity contribution in [1.29, 1.82) is 0 Å². The molecule has 0 spiro atoms. The summed E-state index contributed by atoms with van der Waals surface area (Å²) >= 11 is 0. The van der Waals surface area contributed by atoms with Gasteiger partial charge in [0.05, 0.1) is 18.8 Å². The fraction of sp³-hybridized carbons (Fsp3) is 0.647. The Labute approximate surface area is 394 Å². The Morgan fingerprint density at radius 3 is 1.56 bits per heavy atom. The second-order valence-electron chi connectivity index (χ2n) is 16.6. The highest BCUT2D eigenvalue weighted by Gasteiger charge is 2.51. The molecule has 0 aromatic rings. The zero-order valence-electron chi connectivity index (χ0n) is 39.4. The number of carbonyl (C=O) groups excluding carboxylic acids is 2. The minimum absolute atomic E-state index is 0.0427. The van der Waals surface area contributed by atoms with Gasteiger partial charge >= 0.3 is 19.8 Å². The van der Waals surface area contributed by atoms with Gasteiger partial charge in [-0.3, -0.25) is 18.6 Å². The summed E-state index contributed by atoms with van der Waals surface area (Å²) in [4.78, 5) is 35.7. The zero-order chi connectivity index (χ0) is 48.3. The van der Waals surface area contributed by atoms with E-state index < -0.39 is 75.7 Å². The molecule has 2 fully saturated rings. The topological polar surface area (TPSA) is 222 Å². The van der Waals surface area contributed by atoms with Gasteiger partial charge in [-0.1, -0.05) is 137 Å². The van der Waals surface area contributed by atoms with Crippen LogP contribution in [0.4, 0.5) is 0 Å². The molecule has 1 heterocycles. The third-order valence-electron chi connectivity index (χ3n) is 10.8. The molecule has 10 atom stereocenters. The molecule has 15 heteroatoms. The summed E-state index contributed by atoms with van der Waals surface area (Å²) < 4.78 is 39.1. The van der Waals surface area contributed by atoms with Gasteiger partial charge in [-0.2, -0.15) is 0 Å². The van der Waals surface area contributed by atoms with Gasteiger partial charge in [0.25, 0.3) is 0 Å². The monoisotopic (exact) mass is 949 g/mol. The van der Waals surface area contributed by atoms with E-state index in [0.717, 1.165) is 77.0 Å². The van der Waals surface area contributed by atoms with Crippen molar-refractivity contribution in [2.75, 3.05) is 13.2 Å². The summed E-state index contributed by atoms with van der Waals surface area (Å²) in [7, 11) is -5.16. The Morgan fingerprint density at radius 2 is 1.02 bits per heavy atom. The van der Waals surface area contributed by atoms with Crippen LogP contribution < -0.4 is 0 Å². The van der Waals surface area contributed by atoms with Gasteiger partial charge in [-0.05, 0) is 89.9 Å². The molecule has 2 rings (SSSR count). The third kappa shape index (κ3) is 28.2. The van der Waals surface area contributed by atoms with Crippen molar-refractivity contribution >= 4 is 19.8 Å². The quantitative estimate of drug-likeness (QED) is 0.0113. The first-order chi connectivity index (χ1) is 31.9. The summed E-state index contributed by atoms with van der Waals surface area (Å²) in [5.74, 6) is -1.24. The van der Waals surface area contributed by atoms with Crippen LogP contribution in [0.1, 0.15) is 142 Å². The highest BCUT2D eigenvalue weighted by atomic mass is 31.2. The molecule has 1 aliphatic carbocycles. The van der Waals surface area contributed by atoms with Crippen LogP contribution in [-0.2, 0) is 37.4 Å². The first-order valence-electron chi connectivity index (χ1n) is 24.2. The average Bonchev–Trinajstić information content (AvgIpc) is 4.06. The Hall–Kier alpha value is -3.27. The lowest BCUT2D eigenvalue weighted by molar-refractivity contribution is -0.220. The number of carbonyl (C=O) groups is 2. The summed E-state index contributed by atoms with van der Waals surface area (Å²) in [5.41, 5.74) is 0. The second-order valence-corrected chi connectivity index (χ2v) is 18.0. The van der Waals surface area contributed by atoms with Crippen molar-refractivity contribution in [3.8, 4) is 0 Å². The van der Waals surface area contributed by atoms with Gasteiger partial charge in [0.1, 0.15) is 43.2 Å². The molecular weight excluding hydrogens is 868 g/mol. The maximum absolute atomic E-state index is 12.8. The minimum atomic E-state index is -5.16. The summed E-state index contributed by atoms with van der Waals surface area (Å²) in [6.45, 7) is 3.06. The zero-order valence-corrected chi connectivity index (χ0v) is 40.3. The van der Waals surface area contributed by atoms with Crippen LogP contribution >= 0.6 is 7.82 Å². The summed E-state index contributed by atoms with van der Waals surface area (Å²) in [6.07, 6.45) is 37.9. The molecule has 0 amide bonds. The molecular formula is C51H81O14P. The number of esters is 2. The maximum atomic E-state index is 12.8. The van der Waals surface area contributed by atoms with Gasteiger partial charge in [0.15, 0.2) is 6.10 Å². The van der Waals surface area contributed by atoms with Gasteiger partial charge in [0, 0.05) is 12.8 Å². The molecule has 374 valence electrons. The summed E-state index contributed by atoms with van der Waals surface area (Å²) in [5, 5.41) is 50.2. The fourth-order valence-electron chi connectivity index (χ4n) is 6.83. The molecule has 2 aliphatic rings. The van der Waals surface area contributed by atoms with Crippen LogP contribution in [0.5, 0.6) is 0 Å². The smallest absolute Gasteiger partial charge is 0.462 e. The van der Waals surface area contributed by atoms with E-state index in [0.29, 0.717) is 31.5 Å². The summed E-state index contributed by atoms with van der Waals surface area (Å²) in [6, 6.07) is 0. The van der Waals surface area contributed by atoms with E-state index in [1.54, 1.807) is 0 Å².